The summed E-state index contributed by atoms with van der Waals surface area (Å²) in [5.74, 6) is 3.14. The molecule has 0 radical (unpaired) electrons. The average molecular weight is 270 g/mol. The Bertz CT molecular complexity index is 432. The molecule has 1 aromatic heterocycles. The summed E-state index contributed by atoms with van der Waals surface area (Å²) in [5.41, 5.74) is 1.92. The van der Waals surface area contributed by atoms with Crippen molar-refractivity contribution in [2.45, 2.75) is 58.0 Å². The highest BCUT2D eigenvalue weighted by atomic mass is 14.9. The lowest BCUT2D eigenvalue weighted by atomic mass is 9.48. The largest absolute Gasteiger partial charge is 0.310 e. The maximum Gasteiger partial charge on any atom is 0.0312 e. The van der Waals surface area contributed by atoms with Gasteiger partial charge in [0.25, 0.3) is 0 Å². The van der Waals surface area contributed by atoms with E-state index in [0.717, 1.165) is 24.3 Å². The van der Waals surface area contributed by atoms with Gasteiger partial charge in [-0.1, -0.05) is 6.07 Å². The minimum absolute atomic E-state index is 0.608. The Morgan fingerprint density at radius 3 is 2.40 bits per heavy atom. The molecule has 2 nitrogen and oxygen atoms in total. The molecule has 0 aromatic carbocycles. The molecule has 2 heteroatoms. The zero-order chi connectivity index (χ0) is 13.6. The maximum absolute atomic E-state index is 4.21. The van der Waals surface area contributed by atoms with Gasteiger partial charge in [0.15, 0.2) is 0 Å². The Morgan fingerprint density at radius 2 is 1.85 bits per heavy atom. The molecule has 0 unspecified atom stereocenters. The van der Waals surface area contributed by atoms with Crippen molar-refractivity contribution in [3.63, 3.8) is 0 Å². The van der Waals surface area contributed by atoms with Crippen molar-refractivity contribution in [3.8, 4) is 0 Å². The lowest BCUT2D eigenvalue weighted by Gasteiger charge is -2.59. The van der Waals surface area contributed by atoms with E-state index in [9.17, 15) is 0 Å². The molecule has 4 saturated carbocycles. The quantitative estimate of drug-likeness (QED) is 0.900. The first-order valence-electron chi connectivity index (χ1n) is 8.36. The zero-order valence-electron chi connectivity index (χ0n) is 12.5. The van der Waals surface area contributed by atoms with Gasteiger partial charge in [0.1, 0.15) is 0 Å². The third-order valence-corrected chi connectivity index (χ3v) is 6.34. The molecule has 4 bridgehead atoms. The van der Waals surface area contributed by atoms with Gasteiger partial charge in [-0.2, -0.15) is 0 Å². The van der Waals surface area contributed by atoms with E-state index in [2.05, 4.69) is 23.3 Å². The second-order valence-corrected chi connectivity index (χ2v) is 7.74. The Kier molecular flexibility index (Phi) is 3.10. The van der Waals surface area contributed by atoms with E-state index < -0.39 is 0 Å². The van der Waals surface area contributed by atoms with Gasteiger partial charge in [0, 0.05) is 25.0 Å². The molecule has 1 atom stereocenters. The van der Waals surface area contributed by atoms with Gasteiger partial charge in [0.2, 0.25) is 0 Å². The normalized spacial score (nSPS) is 40.0. The first kappa shape index (κ1) is 12.8. The molecule has 0 saturated heterocycles. The van der Waals surface area contributed by atoms with Crippen LogP contribution in [0.5, 0.6) is 0 Å². The summed E-state index contributed by atoms with van der Waals surface area (Å²) in [6.45, 7) is 3.40. The van der Waals surface area contributed by atoms with Crippen LogP contribution in [0.2, 0.25) is 0 Å². The molecule has 4 fully saturated rings. The van der Waals surface area contributed by atoms with Crippen LogP contribution in [0.25, 0.3) is 0 Å². The predicted octanol–water partition coefficient (Wildman–Crippen LogP) is 3.78. The summed E-state index contributed by atoms with van der Waals surface area (Å²) in [7, 11) is 0. The Labute approximate surface area is 122 Å². The van der Waals surface area contributed by atoms with Crippen LogP contribution in [-0.2, 0) is 6.54 Å². The smallest absolute Gasteiger partial charge is 0.0312 e. The summed E-state index contributed by atoms with van der Waals surface area (Å²) in [5, 5.41) is 3.82. The maximum atomic E-state index is 4.21. The van der Waals surface area contributed by atoms with Crippen LogP contribution in [0.15, 0.2) is 24.5 Å². The molecule has 0 spiro atoms. The molecular formula is C18H26N2. The highest BCUT2D eigenvalue weighted by Gasteiger charge is 2.52. The van der Waals surface area contributed by atoms with Gasteiger partial charge < -0.3 is 5.32 Å². The molecule has 1 aromatic rings. The van der Waals surface area contributed by atoms with Crippen molar-refractivity contribution in [2.24, 2.45) is 23.2 Å². The summed E-state index contributed by atoms with van der Waals surface area (Å²) >= 11 is 0. The van der Waals surface area contributed by atoms with E-state index >= 15 is 0 Å². The van der Waals surface area contributed by atoms with Crippen LogP contribution in [0, 0.1) is 23.2 Å². The molecule has 1 N–H and O–H groups in total. The van der Waals surface area contributed by atoms with Gasteiger partial charge >= 0.3 is 0 Å². The Balaban J connectivity index is 1.44. The van der Waals surface area contributed by atoms with Gasteiger partial charge in [-0.25, -0.2) is 0 Å². The molecule has 0 amide bonds. The van der Waals surface area contributed by atoms with Gasteiger partial charge in [0.05, 0.1) is 0 Å². The number of nitrogens with one attached hydrogen (secondary N) is 1. The summed E-state index contributed by atoms with van der Waals surface area (Å²) in [6, 6.07) is 4.86. The van der Waals surface area contributed by atoms with E-state index in [-0.39, 0.29) is 0 Å². The fourth-order valence-corrected chi connectivity index (χ4v) is 5.70. The van der Waals surface area contributed by atoms with E-state index in [0.29, 0.717) is 11.5 Å². The number of hydrogen-bond donors (Lipinski definition) is 1. The van der Waals surface area contributed by atoms with E-state index in [1.165, 1.54) is 44.1 Å². The van der Waals surface area contributed by atoms with Crippen molar-refractivity contribution < 1.29 is 0 Å². The highest BCUT2D eigenvalue weighted by Crippen LogP contribution is 2.61. The van der Waals surface area contributed by atoms with Crippen LogP contribution in [0.3, 0.4) is 0 Å². The molecule has 1 heterocycles. The van der Waals surface area contributed by atoms with Gasteiger partial charge in [-0.3, -0.25) is 4.98 Å². The average Bonchev–Trinajstić information content (AvgIpc) is 2.44. The second kappa shape index (κ2) is 4.84. The lowest BCUT2D eigenvalue weighted by molar-refractivity contribution is -0.0706. The van der Waals surface area contributed by atoms with Crippen LogP contribution < -0.4 is 5.32 Å². The number of nitrogens with zero attached hydrogens (tertiary/aromatic N) is 1. The first-order chi connectivity index (χ1) is 9.73. The Morgan fingerprint density at radius 1 is 1.20 bits per heavy atom. The molecule has 108 valence electrons. The molecule has 20 heavy (non-hydrogen) atoms. The summed E-state index contributed by atoms with van der Waals surface area (Å²) in [6.07, 6.45) is 12.9. The third kappa shape index (κ3) is 2.18. The van der Waals surface area contributed by atoms with Crippen molar-refractivity contribution in [1.82, 2.24) is 10.3 Å². The topological polar surface area (TPSA) is 24.9 Å². The monoisotopic (exact) mass is 270 g/mol. The lowest BCUT2D eigenvalue weighted by Crippen LogP contribution is -2.54. The SMILES string of the molecule is C[C@H](NCc1cccnc1)C12CC3CC(CC(C3)C1)C2. The summed E-state index contributed by atoms with van der Waals surface area (Å²) in [4.78, 5) is 4.21. The fraction of sp³-hybridized carbons (Fsp3) is 0.722. The van der Waals surface area contributed by atoms with Crippen molar-refractivity contribution in [2.75, 3.05) is 0 Å². The molecule has 0 aliphatic heterocycles. The van der Waals surface area contributed by atoms with E-state index in [4.69, 9.17) is 0 Å². The highest BCUT2D eigenvalue weighted by molar-refractivity contribution is 5.10. The van der Waals surface area contributed by atoms with Gasteiger partial charge in [-0.05, 0) is 80.2 Å². The Hall–Kier alpha value is -0.890. The minimum Gasteiger partial charge on any atom is -0.310 e. The number of rotatable bonds is 4. The van der Waals surface area contributed by atoms with Crippen LogP contribution in [0.1, 0.15) is 51.0 Å². The fourth-order valence-electron chi connectivity index (χ4n) is 5.70. The van der Waals surface area contributed by atoms with Crippen LogP contribution >= 0.6 is 0 Å². The van der Waals surface area contributed by atoms with Crippen molar-refractivity contribution in [3.05, 3.63) is 30.1 Å². The van der Waals surface area contributed by atoms with Crippen molar-refractivity contribution in [1.29, 1.82) is 0 Å². The number of hydrogen-bond acceptors (Lipinski definition) is 2. The minimum atomic E-state index is 0.608. The number of aromatic nitrogens is 1. The molecule has 4 aliphatic carbocycles. The standard InChI is InChI=1S/C18H26N2/c1-13(20-12-14-3-2-4-19-11-14)18-8-15-5-16(9-18)7-17(6-15)10-18/h2-4,11,13,15-17,20H,5-10,12H2,1H3/t13-,15?,16?,17?,18?/m0/s1. The van der Waals surface area contributed by atoms with Crippen LogP contribution in [-0.4, -0.2) is 11.0 Å². The first-order valence-corrected chi connectivity index (χ1v) is 8.36. The summed E-state index contributed by atoms with van der Waals surface area (Å²) < 4.78 is 0. The molecule has 4 aliphatic rings. The third-order valence-electron chi connectivity index (χ3n) is 6.34. The zero-order valence-corrected chi connectivity index (χ0v) is 12.5. The predicted molar refractivity (Wildman–Crippen MR) is 81.1 cm³/mol. The number of pyridine rings is 1. The van der Waals surface area contributed by atoms with Gasteiger partial charge in [-0.15, -0.1) is 0 Å². The molecule has 5 rings (SSSR count). The molecular weight excluding hydrogens is 244 g/mol. The van der Waals surface area contributed by atoms with E-state index in [1.54, 1.807) is 0 Å². The van der Waals surface area contributed by atoms with Crippen LogP contribution in [0.4, 0.5) is 0 Å². The van der Waals surface area contributed by atoms with Crippen molar-refractivity contribution >= 4 is 0 Å². The van der Waals surface area contributed by atoms with E-state index in [1.807, 2.05) is 18.5 Å². The second-order valence-electron chi connectivity index (χ2n) is 7.74.